The molecule has 1 rings (SSSR count). The Bertz CT molecular complexity index is 169. The lowest BCUT2D eigenvalue weighted by atomic mass is 9.76. The zero-order chi connectivity index (χ0) is 8.48. The lowest BCUT2D eigenvalue weighted by molar-refractivity contribution is -0.149. The van der Waals surface area contributed by atoms with Gasteiger partial charge in [-0.05, 0) is 26.2 Å². The highest BCUT2D eigenvalue weighted by molar-refractivity contribution is 6.20. The minimum Gasteiger partial charge on any atom is -0.481 e. The van der Waals surface area contributed by atoms with Gasteiger partial charge < -0.3 is 5.11 Å². The van der Waals surface area contributed by atoms with Gasteiger partial charge >= 0.3 is 5.97 Å². The minimum atomic E-state index is -0.706. The Kier molecular flexibility index (Phi) is 2.43. The van der Waals surface area contributed by atoms with Crippen LogP contribution in [0.2, 0.25) is 0 Å². The van der Waals surface area contributed by atoms with Crippen molar-refractivity contribution in [2.24, 2.45) is 5.41 Å². The van der Waals surface area contributed by atoms with Crippen LogP contribution in [0.25, 0.3) is 0 Å². The first-order valence-electron chi connectivity index (χ1n) is 3.92. The fourth-order valence-electron chi connectivity index (χ4n) is 1.60. The lowest BCUT2D eigenvalue weighted by Gasteiger charge is -2.31. The molecule has 1 aliphatic carbocycles. The van der Waals surface area contributed by atoms with Gasteiger partial charge in [0, 0.05) is 5.38 Å². The van der Waals surface area contributed by atoms with Crippen LogP contribution in [0.3, 0.4) is 0 Å². The van der Waals surface area contributed by atoms with Gasteiger partial charge in [0.2, 0.25) is 0 Å². The second-order valence-corrected chi connectivity index (χ2v) is 4.18. The van der Waals surface area contributed by atoms with Crippen LogP contribution >= 0.6 is 11.6 Å². The molecule has 0 bridgehead atoms. The van der Waals surface area contributed by atoms with Gasteiger partial charge in [0.15, 0.2) is 0 Å². The summed E-state index contributed by atoms with van der Waals surface area (Å²) in [5.41, 5.74) is -0.565. The first kappa shape index (κ1) is 8.85. The Morgan fingerprint density at radius 3 is 2.73 bits per heavy atom. The van der Waals surface area contributed by atoms with Crippen LogP contribution in [-0.4, -0.2) is 16.5 Å². The Hall–Kier alpha value is -0.240. The predicted octanol–water partition coefficient (Wildman–Crippen LogP) is 2.26. The molecular weight excluding hydrogens is 164 g/mol. The van der Waals surface area contributed by atoms with E-state index in [-0.39, 0.29) is 5.38 Å². The second-order valence-electron chi connectivity index (χ2n) is 3.56. The van der Waals surface area contributed by atoms with E-state index in [0.29, 0.717) is 6.42 Å². The number of carbonyl (C=O) groups is 1. The average Bonchev–Trinajstić information content (AvgIpc) is 1.86. The van der Waals surface area contributed by atoms with Crippen molar-refractivity contribution in [3.05, 3.63) is 0 Å². The van der Waals surface area contributed by atoms with Gasteiger partial charge in [0.25, 0.3) is 0 Å². The van der Waals surface area contributed by atoms with E-state index in [2.05, 4.69) is 0 Å². The largest absolute Gasteiger partial charge is 0.481 e. The van der Waals surface area contributed by atoms with E-state index in [1.54, 1.807) is 6.92 Å². The Morgan fingerprint density at radius 1 is 1.73 bits per heavy atom. The van der Waals surface area contributed by atoms with Crippen molar-refractivity contribution in [1.82, 2.24) is 0 Å². The van der Waals surface area contributed by atoms with Crippen LogP contribution in [0.4, 0.5) is 0 Å². The number of rotatable bonds is 1. The molecule has 0 aromatic heterocycles. The summed E-state index contributed by atoms with van der Waals surface area (Å²) in [4.78, 5) is 10.8. The van der Waals surface area contributed by atoms with E-state index < -0.39 is 11.4 Å². The van der Waals surface area contributed by atoms with Crippen molar-refractivity contribution >= 4 is 17.6 Å². The monoisotopic (exact) mass is 176 g/mol. The van der Waals surface area contributed by atoms with Gasteiger partial charge in [-0.3, -0.25) is 4.79 Å². The molecule has 1 saturated carbocycles. The highest BCUT2D eigenvalue weighted by atomic mass is 35.5. The maximum atomic E-state index is 10.8. The van der Waals surface area contributed by atoms with Crippen molar-refractivity contribution in [3.63, 3.8) is 0 Å². The summed E-state index contributed by atoms with van der Waals surface area (Å²) in [6.45, 7) is 1.78. The molecular formula is C8H13ClO2. The normalized spacial score (nSPS) is 38.5. The summed E-state index contributed by atoms with van der Waals surface area (Å²) in [7, 11) is 0. The molecule has 2 nitrogen and oxygen atoms in total. The summed E-state index contributed by atoms with van der Waals surface area (Å²) in [5, 5.41) is 8.92. The van der Waals surface area contributed by atoms with E-state index in [0.717, 1.165) is 19.3 Å². The van der Waals surface area contributed by atoms with Crippen LogP contribution in [0, 0.1) is 5.41 Å². The molecule has 0 amide bonds. The highest BCUT2D eigenvalue weighted by Gasteiger charge is 2.37. The third-order valence-electron chi connectivity index (χ3n) is 2.43. The molecule has 0 saturated heterocycles. The molecule has 0 spiro atoms. The first-order valence-corrected chi connectivity index (χ1v) is 4.36. The van der Waals surface area contributed by atoms with E-state index in [1.165, 1.54) is 0 Å². The molecule has 0 radical (unpaired) electrons. The molecule has 64 valence electrons. The molecule has 1 fully saturated rings. The fourth-order valence-corrected chi connectivity index (χ4v) is 2.10. The van der Waals surface area contributed by atoms with Crippen LogP contribution in [0.1, 0.15) is 32.6 Å². The molecule has 2 atom stereocenters. The molecule has 0 heterocycles. The predicted molar refractivity (Wildman–Crippen MR) is 43.9 cm³/mol. The SMILES string of the molecule is CC1(C(=O)O)CCCC(Cl)C1. The van der Waals surface area contributed by atoms with Gasteiger partial charge in [-0.15, -0.1) is 11.6 Å². The Morgan fingerprint density at radius 2 is 2.36 bits per heavy atom. The number of carboxylic acid groups (broad SMARTS) is 1. The Balaban J connectivity index is 2.63. The van der Waals surface area contributed by atoms with Gasteiger partial charge in [0.05, 0.1) is 5.41 Å². The fraction of sp³-hybridized carbons (Fsp3) is 0.875. The molecule has 2 unspecified atom stereocenters. The topological polar surface area (TPSA) is 37.3 Å². The maximum Gasteiger partial charge on any atom is 0.309 e. The molecule has 0 aliphatic heterocycles. The van der Waals surface area contributed by atoms with Crippen LogP contribution < -0.4 is 0 Å². The summed E-state index contributed by atoms with van der Waals surface area (Å²) in [6.07, 6.45) is 3.29. The van der Waals surface area contributed by atoms with Gasteiger partial charge in [-0.1, -0.05) is 6.42 Å². The van der Waals surface area contributed by atoms with Crippen molar-refractivity contribution in [2.45, 2.75) is 38.0 Å². The van der Waals surface area contributed by atoms with Crippen LogP contribution in [0.15, 0.2) is 0 Å². The minimum absolute atomic E-state index is 0.0600. The molecule has 1 aliphatic rings. The third-order valence-corrected chi connectivity index (χ3v) is 2.81. The first-order chi connectivity index (χ1) is 5.04. The van der Waals surface area contributed by atoms with Crippen LogP contribution in [0.5, 0.6) is 0 Å². The number of carboxylic acids is 1. The second kappa shape index (κ2) is 3.02. The van der Waals surface area contributed by atoms with Gasteiger partial charge in [-0.2, -0.15) is 0 Å². The zero-order valence-electron chi connectivity index (χ0n) is 6.64. The zero-order valence-corrected chi connectivity index (χ0v) is 7.40. The number of aliphatic carboxylic acids is 1. The summed E-state index contributed by atoms with van der Waals surface area (Å²) in [5.74, 6) is -0.706. The van der Waals surface area contributed by atoms with Crippen molar-refractivity contribution < 1.29 is 9.90 Å². The third kappa shape index (κ3) is 1.86. The van der Waals surface area contributed by atoms with E-state index >= 15 is 0 Å². The van der Waals surface area contributed by atoms with E-state index in [9.17, 15) is 4.79 Å². The molecule has 0 aromatic carbocycles. The number of alkyl halides is 1. The standard InChI is InChI=1S/C8H13ClO2/c1-8(7(10)11)4-2-3-6(9)5-8/h6H,2-5H2,1H3,(H,10,11). The molecule has 3 heteroatoms. The average molecular weight is 177 g/mol. The highest BCUT2D eigenvalue weighted by Crippen LogP contribution is 2.38. The van der Waals surface area contributed by atoms with Gasteiger partial charge in [0.1, 0.15) is 0 Å². The maximum absolute atomic E-state index is 10.8. The van der Waals surface area contributed by atoms with E-state index in [4.69, 9.17) is 16.7 Å². The van der Waals surface area contributed by atoms with Crippen LogP contribution in [-0.2, 0) is 4.79 Å². The quantitative estimate of drug-likeness (QED) is 0.623. The smallest absolute Gasteiger partial charge is 0.309 e. The van der Waals surface area contributed by atoms with Crippen molar-refractivity contribution in [3.8, 4) is 0 Å². The summed E-state index contributed by atoms with van der Waals surface area (Å²) < 4.78 is 0. The molecule has 1 N–H and O–H groups in total. The van der Waals surface area contributed by atoms with Crippen molar-refractivity contribution in [2.75, 3.05) is 0 Å². The summed E-state index contributed by atoms with van der Waals surface area (Å²) in [6, 6.07) is 0. The number of hydrogen-bond donors (Lipinski definition) is 1. The number of halogens is 1. The number of hydrogen-bond acceptors (Lipinski definition) is 1. The van der Waals surface area contributed by atoms with Gasteiger partial charge in [-0.25, -0.2) is 0 Å². The molecule has 0 aromatic rings. The molecule has 11 heavy (non-hydrogen) atoms. The van der Waals surface area contributed by atoms with E-state index in [1.807, 2.05) is 0 Å². The Labute approximate surface area is 71.5 Å². The summed E-state index contributed by atoms with van der Waals surface area (Å²) >= 11 is 5.88. The van der Waals surface area contributed by atoms with Crippen molar-refractivity contribution in [1.29, 1.82) is 0 Å². The lowest BCUT2D eigenvalue weighted by Crippen LogP contribution is -2.33.